The normalized spacial score (nSPS) is 10.1. The Kier molecular flexibility index (Phi) is 7.50. The highest BCUT2D eigenvalue weighted by molar-refractivity contribution is 5.98. The molecule has 0 heterocycles. The number of methoxy groups -OCH3 is 1. The van der Waals surface area contributed by atoms with Crippen LogP contribution < -0.4 is 10.1 Å². The van der Waals surface area contributed by atoms with Gasteiger partial charge in [-0.05, 0) is 18.2 Å². The van der Waals surface area contributed by atoms with Crippen molar-refractivity contribution in [1.29, 1.82) is 0 Å². The quantitative estimate of drug-likeness (QED) is 0.697. The van der Waals surface area contributed by atoms with Crippen molar-refractivity contribution in [1.82, 2.24) is 10.2 Å². The number of nitrogens with zero attached hydrogens (tertiary/aromatic N) is 1. The van der Waals surface area contributed by atoms with Crippen LogP contribution in [0.4, 0.5) is 4.39 Å². The molecule has 0 atom stereocenters. The number of amides is 2. The highest BCUT2D eigenvalue weighted by Gasteiger charge is 2.16. The van der Waals surface area contributed by atoms with E-state index >= 15 is 0 Å². The summed E-state index contributed by atoms with van der Waals surface area (Å²) in [5.41, 5.74) is 0.632. The van der Waals surface area contributed by atoms with E-state index in [1.165, 1.54) is 25.1 Å². The molecule has 2 amide bonds. The van der Waals surface area contributed by atoms with Crippen LogP contribution in [0.2, 0.25) is 0 Å². The molecule has 0 fully saturated rings. The first kappa shape index (κ1) is 20.9. The molecule has 1 N–H and O–H groups in total. The summed E-state index contributed by atoms with van der Waals surface area (Å²) in [5.74, 6) is -1.81. The van der Waals surface area contributed by atoms with E-state index in [0.29, 0.717) is 11.3 Å². The molecule has 0 saturated heterocycles. The average molecular weight is 388 g/mol. The van der Waals surface area contributed by atoms with Crippen LogP contribution in [-0.4, -0.2) is 50.0 Å². The smallest absolute Gasteiger partial charge is 0.325 e. The van der Waals surface area contributed by atoms with Crippen LogP contribution in [0, 0.1) is 5.82 Å². The number of hydrogen-bond donors (Lipinski definition) is 1. The minimum Gasteiger partial charge on any atom is -0.496 e. The van der Waals surface area contributed by atoms with Gasteiger partial charge in [0, 0.05) is 19.2 Å². The largest absolute Gasteiger partial charge is 0.496 e. The Hall–Kier alpha value is -3.42. The summed E-state index contributed by atoms with van der Waals surface area (Å²) < 4.78 is 23.6. The number of esters is 1. The summed E-state index contributed by atoms with van der Waals surface area (Å²) in [6, 6.07) is 12.7. The number of benzene rings is 2. The second-order valence-corrected chi connectivity index (χ2v) is 5.88. The van der Waals surface area contributed by atoms with Crippen LogP contribution in [-0.2, 0) is 20.9 Å². The predicted octanol–water partition coefficient (Wildman–Crippen LogP) is 1.77. The molecule has 2 rings (SSSR count). The summed E-state index contributed by atoms with van der Waals surface area (Å²) in [6.45, 7) is -0.858. The lowest BCUT2D eigenvalue weighted by molar-refractivity contribution is -0.150. The molecule has 2 aromatic rings. The van der Waals surface area contributed by atoms with Crippen LogP contribution in [0.5, 0.6) is 5.75 Å². The minimum atomic E-state index is -0.768. The number of nitrogens with one attached hydrogen (secondary N) is 1. The maximum absolute atomic E-state index is 13.6. The van der Waals surface area contributed by atoms with Gasteiger partial charge in [0.25, 0.3) is 11.8 Å². The first-order valence-electron chi connectivity index (χ1n) is 8.46. The van der Waals surface area contributed by atoms with Gasteiger partial charge in [0.05, 0.1) is 12.7 Å². The molecule has 0 aliphatic rings. The number of rotatable bonds is 8. The Morgan fingerprint density at radius 3 is 2.46 bits per heavy atom. The predicted molar refractivity (Wildman–Crippen MR) is 99.2 cm³/mol. The fraction of sp³-hybridized carbons (Fsp3) is 0.250. The van der Waals surface area contributed by atoms with Crippen LogP contribution in [0.1, 0.15) is 15.9 Å². The number of ether oxygens (including phenoxy) is 2. The van der Waals surface area contributed by atoms with Gasteiger partial charge in [-0.25, -0.2) is 4.39 Å². The zero-order chi connectivity index (χ0) is 20.5. The van der Waals surface area contributed by atoms with E-state index in [-0.39, 0.29) is 12.1 Å². The van der Waals surface area contributed by atoms with Gasteiger partial charge in [-0.3, -0.25) is 14.4 Å². The first-order valence-corrected chi connectivity index (χ1v) is 8.46. The maximum Gasteiger partial charge on any atom is 0.325 e. The van der Waals surface area contributed by atoms with Gasteiger partial charge in [0.15, 0.2) is 6.61 Å². The molecule has 148 valence electrons. The van der Waals surface area contributed by atoms with Crippen molar-refractivity contribution < 1.29 is 28.2 Å². The number of likely N-dealkylation sites (N-methyl/N-ethyl adjacent to an activating group) is 1. The molecule has 0 spiro atoms. The highest BCUT2D eigenvalue weighted by Crippen LogP contribution is 2.16. The van der Waals surface area contributed by atoms with E-state index in [2.05, 4.69) is 5.32 Å². The second kappa shape index (κ2) is 10.1. The van der Waals surface area contributed by atoms with Crippen molar-refractivity contribution in [3.8, 4) is 5.75 Å². The summed E-state index contributed by atoms with van der Waals surface area (Å²) in [5, 5.41) is 2.41. The summed E-state index contributed by atoms with van der Waals surface area (Å²) in [4.78, 5) is 37.2. The molecule has 0 radical (unpaired) electrons. The molecular formula is C20H21FN2O5. The monoisotopic (exact) mass is 388 g/mol. The molecule has 0 bridgehead atoms. The Morgan fingerprint density at radius 1 is 1.07 bits per heavy atom. The molecule has 8 heteroatoms. The van der Waals surface area contributed by atoms with Crippen molar-refractivity contribution in [3.63, 3.8) is 0 Å². The highest BCUT2D eigenvalue weighted by atomic mass is 19.1. The molecule has 0 unspecified atom stereocenters. The van der Waals surface area contributed by atoms with Crippen molar-refractivity contribution in [2.75, 3.05) is 27.3 Å². The van der Waals surface area contributed by atoms with E-state index in [1.807, 2.05) is 0 Å². The Labute approximate surface area is 162 Å². The van der Waals surface area contributed by atoms with Gasteiger partial charge in [0.2, 0.25) is 0 Å². The van der Waals surface area contributed by atoms with Gasteiger partial charge in [-0.1, -0.05) is 30.3 Å². The Morgan fingerprint density at radius 2 is 1.75 bits per heavy atom. The summed E-state index contributed by atoms with van der Waals surface area (Å²) in [6.07, 6.45) is 0. The van der Waals surface area contributed by atoms with E-state index in [9.17, 15) is 18.8 Å². The lowest BCUT2D eigenvalue weighted by atomic mass is 10.2. The zero-order valence-electron chi connectivity index (χ0n) is 15.6. The first-order chi connectivity index (χ1) is 13.4. The zero-order valence-corrected chi connectivity index (χ0v) is 15.6. The standard InChI is InChI=1S/C20H21FN2O5/c1-23(12-14-7-3-5-9-16(14)21)18(24)13-28-19(25)11-22-20(26)15-8-4-6-10-17(15)27-2/h3-10H,11-13H2,1-2H3,(H,22,26). The van der Waals surface area contributed by atoms with E-state index < -0.39 is 36.8 Å². The molecule has 0 aliphatic carbocycles. The van der Waals surface area contributed by atoms with E-state index in [0.717, 1.165) is 0 Å². The van der Waals surface area contributed by atoms with Crippen molar-refractivity contribution >= 4 is 17.8 Å². The molecule has 2 aromatic carbocycles. The van der Waals surface area contributed by atoms with Crippen molar-refractivity contribution in [2.45, 2.75) is 6.54 Å². The van der Waals surface area contributed by atoms with Crippen LogP contribution >= 0.6 is 0 Å². The SMILES string of the molecule is COc1ccccc1C(=O)NCC(=O)OCC(=O)N(C)Cc1ccccc1F. The maximum atomic E-state index is 13.6. The van der Waals surface area contributed by atoms with Gasteiger partial charge in [-0.15, -0.1) is 0 Å². The molecule has 0 saturated carbocycles. The number of carbonyl (C=O) groups excluding carboxylic acids is 3. The lowest BCUT2D eigenvalue weighted by Crippen LogP contribution is -2.34. The van der Waals surface area contributed by atoms with Gasteiger partial charge in [0.1, 0.15) is 18.1 Å². The molecule has 0 aliphatic heterocycles. The fourth-order valence-electron chi connectivity index (χ4n) is 2.35. The molecular weight excluding hydrogens is 367 g/mol. The van der Waals surface area contributed by atoms with Crippen LogP contribution in [0.3, 0.4) is 0 Å². The van der Waals surface area contributed by atoms with E-state index in [1.54, 1.807) is 42.5 Å². The van der Waals surface area contributed by atoms with Crippen molar-refractivity contribution in [3.05, 3.63) is 65.5 Å². The lowest BCUT2D eigenvalue weighted by Gasteiger charge is -2.17. The summed E-state index contributed by atoms with van der Waals surface area (Å²) in [7, 11) is 2.91. The Balaban J connectivity index is 1.78. The average Bonchev–Trinajstić information content (AvgIpc) is 2.71. The Bertz CT molecular complexity index is 856. The topological polar surface area (TPSA) is 84.9 Å². The van der Waals surface area contributed by atoms with Crippen molar-refractivity contribution in [2.24, 2.45) is 0 Å². The third-order valence-corrected chi connectivity index (χ3v) is 3.89. The molecule has 7 nitrogen and oxygen atoms in total. The van der Waals surface area contributed by atoms with Gasteiger partial charge >= 0.3 is 5.97 Å². The second-order valence-electron chi connectivity index (χ2n) is 5.88. The van der Waals surface area contributed by atoms with E-state index in [4.69, 9.17) is 9.47 Å². The third kappa shape index (κ3) is 5.80. The van der Waals surface area contributed by atoms with Gasteiger partial charge < -0.3 is 19.7 Å². The summed E-state index contributed by atoms with van der Waals surface area (Å²) >= 11 is 0. The molecule has 28 heavy (non-hydrogen) atoms. The number of hydrogen-bond acceptors (Lipinski definition) is 5. The number of carbonyl (C=O) groups is 3. The third-order valence-electron chi connectivity index (χ3n) is 3.89. The minimum absolute atomic E-state index is 0.0492. The van der Waals surface area contributed by atoms with Gasteiger partial charge in [-0.2, -0.15) is 0 Å². The van der Waals surface area contributed by atoms with Crippen LogP contribution in [0.15, 0.2) is 48.5 Å². The number of para-hydroxylation sites is 1. The fourth-order valence-corrected chi connectivity index (χ4v) is 2.35. The molecule has 0 aromatic heterocycles. The number of halogens is 1. The van der Waals surface area contributed by atoms with Crippen LogP contribution in [0.25, 0.3) is 0 Å².